The number of nitrogens with one attached hydrogen (secondary N) is 1. The lowest BCUT2D eigenvalue weighted by atomic mass is 10.0. The summed E-state index contributed by atoms with van der Waals surface area (Å²) in [6, 6.07) is 36.3. The zero-order chi connectivity index (χ0) is 25.5. The number of para-hydroxylation sites is 1. The van der Waals surface area contributed by atoms with Crippen molar-refractivity contribution in [3.8, 4) is 0 Å². The minimum Gasteiger partial charge on any atom is -0.354 e. The van der Waals surface area contributed by atoms with Crippen molar-refractivity contribution in [2.24, 2.45) is 0 Å². The van der Waals surface area contributed by atoms with E-state index >= 15 is 0 Å². The summed E-state index contributed by atoms with van der Waals surface area (Å²) < 4.78 is 2.56. The fourth-order valence-electron chi connectivity index (χ4n) is 5.16. The van der Waals surface area contributed by atoms with Crippen LogP contribution < -0.4 is 10.2 Å². The molecule has 0 aliphatic carbocycles. The molecule has 6 aromatic rings. The lowest BCUT2D eigenvalue weighted by Crippen LogP contribution is -2.11. The van der Waals surface area contributed by atoms with Crippen LogP contribution in [0.15, 0.2) is 103 Å². The Morgan fingerprint density at radius 1 is 0.649 bits per heavy atom. The number of halogens is 1. The van der Waals surface area contributed by atoms with Gasteiger partial charge in [0.15, 0.2) is 0 Å². The molecule has 4 heteroatoms. The third-order valence-corrected chi connectivity index (χ3v) is 8.32. The number of nitrogens with zero attached hydrogens (tertiary/aromatic N) is 1. The van der Waals surface area contributed by atoms with Crippen LogP contribution in [0.3, 0.4) is 0 Å². The van der Waals surface area contributed by atoms with Gasteiger partial charge in [-0.3, -0.25) is 0 Å². The van der Waals surface area contributed by atoms with Crippen molar-refractivity contribution in [3.05, 3.63) is 125 Å². The van der Waals surface area contributed by atoms with Gasteiger partial charge in [0.25, 0.3) is 0 Å². The van der Waals surface area contributed by atoms with Crippen LogP contribution in [0, 0.1) is 20.8 Å². The van der Waals surface area contributed by atoms with Gasteiger partial charge in [-0.25, -0.2) is 0 Å². The summed E-state index contributed by atoms with van der Waals surface area (Å²) in [5.74, 6) is 0. The summed E-state index contributed by atoms with van der Waals surface area (Å²) in [5, 5.41) is 6.89. The van der Waals surface area contributed by atoms with Gasteiger partial charge in [0, 0.05) is 37.2 Å². The molecule has 6 rings (SSSR count). The summed E-state index contributed by atoms with van der Waals surface area (Å²) in [6.45, 7) is 6.40. The van der Waals surface area contributed by atoms with Gasteiger partial charge in [-0.1, -0.05) is 77.8 Å². The predicted octanol–water partition coefficient (Wildman–Crippen LogP) is 10.8. The first-order chi connectivity index (χ1) is 18.0. The number of fused-ring (bicyclic) bond motifs is 3. The van der Waals surface area contributed by atoms with E-state index in [1.54, 1.807) is 0 Å². The van der Waals surface area contributed by atoms with Crippen LogP contribution in [0.2, 0.25) is 5.02 Å². The molecule has 182 valence electrons. The van der Waals surface area contributed by atoms with E-state index in [1.165, 1.54) is 36.9 Å². The normalized spacial score (nSPS) is 11.2. The Kier molecular flexibility index (Phi) is 6.11. The minimum atomic E-state index is 0.683. The Hall–Kier alpha value is -3.79. The van der Waals surface area contributed by atoms with E-state index in [4.69, 9.17) is 11.6 Å². The molecule has 1 heterocycles. The number of anilines is 5. The van der Waals surface area contributed by atoms with Gasteiger partial charge in [-0.05, 0) is 74.4 Å². The van der Waals surface area contributed by atoms with Crippen molar-refractivity contribution in [1.82, 2.24) is 0 Å². The Labute approximate surface area is 226 Å². The number of aryl methyl sites for hydroxylation is 3. The maximum Gasteiger partial charge on any atom is 0.0881 e. The molecule has 0 spiro atoms. The first kappa shape index (κ1) is 23.6. The highest BCUT2D eigenvalue weighted by Crippen LogP contribution is 2.44. The Morgan fingerprint density at radius 2 is 1.35 bits per heavy atom. The van der Waals surface area contributed by atoms with Crippen molar-refractivity contribution in [2.75, 3.05) is 10.2 Å². The minimum absolute atomic E-state index is 0.683. The zero-order valence-corrected chi connectivity index (χ0v) is 22.6. The molecule has 5 aromatic carbocycles. The maximum absolute atomic E-state index is 7.17. The molecule has 1 N–H and O–H groups in total. The monoisotopic (exact) mass is 518 g/mol. The largest absolute Gasteiger partial charge is 0.354 e. The van der Waals surface area contributed by atoms with Gasteiger partial charge < -0.3 is 10.2 Å². The Balaban J connectivity index is 1.49. The van der Waals surface area contributed by atoms with Crippen LogP contribution >= 0.6 is 22.9 Å². The average Bonchev–Trinajstić information content (AvgIpc) is 3.27. The van der Waals surface area contributed by atoms with E-state index in [-0.39, 0.29) is 0 Å². The summed E-state index contributed by atoms with van der Waals surface area (Å²) in [7, 11) is 0. The van der Waals surface area contributed by atoms with E-state index in [9.17, 15) is 0 Å². The van der Waals surface area contributed by atoms with Gasteiger partial charge in [0.1, 0.15) is 0 Å². The fourth-order valence-corrected chi connectivity index (χ4v) is 6.56. The van der Waals surface area contributed by atoms with E-state index in [2.05, 4.69) is 122 Å². The SMILES string of the molecule is Cc1cc(C)c(Nc2cccc(N(c3ccccc3)c3ccc4c(c3)sc3ccccc34)c2Cl)c(C)c1. The highest BCUT2D eigenvalue weighted by Gasteiger charge is 2.19. The molecule has 2 nitrogen and oxygen atoms in total. The molecule has 0 unspecified atom stereocenters. The molecule has 0 radical (unpaired) electrons. The summed E-state index contributed by atoms with van der Waals surface area (Å²) in [6.07, 6.45) is 0. The third kappa shape index (κ3) is 4.35. The molecule has 1 aromatic heterocycles. The Morgan fingerprint density at radius 3 is 2.14 bits per heavy atom. The lowest BCUT2D eigenvalue weighted by molar-refractivity contribution is 1.28. The van der Waals surface area contributed by atoms with Crippen molar-refractivity contribution < 1.29 is 0 Å². The number of thiophene rings is 1. The van der Waals surface area contributed by atoms with Crippen LogP contribution in [-0.4, -0.2) is 0 Å². The topological polar surface area (TPSA) is 15.3 Å². The van der Waals surface area contributed by atoms with Gasteiger partial charge in [-0.15, -0.1) is 11.3 Å². The van der Waals surface area contributed by atoms with Crippen LogP contribution in [0.5, 0.6) is 0 Å². The zero-order valence-electron chi connectivity index (χ0n) is 21.0. The molecule has 0 bridgehead atoms. The van der Waals surface area contributed by atoms with E-state index in [1.807, 2.05) is 23.5 Å². The van der Waals surface area contributed by atoms with E-state index < -0.39 is 0 Å². The second-order valence-electron chi connectivity index (χ2n) is 9.49. The average molecular weight is 519 g/mol. The summed E-state index contributed by atoms with van der Waals surface area (Å²) >= 11 is 9.00. The maximum atomic E-state index is 7.17. The molecule has 37 heavy (non-hydrogen) atoms. The van der Waals surface area contributed by atoms with Crippen molar-refractivity contribution in [1.29, 1.82) is 0 Å². The van der Waals surface area contributed by atoms with Crippen LogP contribution in [0.25, 0.3) is 20.2 Å². The predicted molar refractivity (Wildman–Crippen MR) is 163 cm³/mol. The molecule has 0 aliphatic rings. The first-order valence-corrected chi connectivity index (χ1v) is 13.6. The second kappa shape index (κ2) is 9.59. The fraction of sp³-hybridized carbons (Fsp3) is 0.0909. The standard InChI is InChI=1S/C33H27ClN2S/c1-21-18-22(2)33(23(3)19-21)35-28-13-9-14-29(32(28)34)36(24-10-5-4-6-11-24)25-16-17-27-26-12-7-8-15-30(26)37-31(27)20-25/h4-20,35H,1-3H3. The van der Waals surface area contributed by atoms with Crippen LogP contribution in [0.4, 0.5) is 28.4 Å². The quantitative estimate of drug-likeness (QED) is 0.244. The molecule has 0 saturated carbocycles. The molecule has 0 amide bonds. The van der Waals surface area contributed by atoms with Crippen LogP contribution in [0.1, 0.15) is 16.7 Å². The van der Waals surface area contributed by atoms with Crippen molar-refractivity contribution >= 4 is 71.5 Å². The second-order valence-corrected chi connectivity index (χ2v) is 10.9. The number of hydrogen-bond acceptors (Lipinski definition) is 3. The highest BCUT2D eigenvalue weighted by atomic mass is 35.5. The van der Waals surface area contributed by atoms with Crippen LogP contribution in [-0.2, 0) is 0 Å². The summed E-state index contributed by atoms with van der Waals surface area (Å²) in [5.41, 5.74) is 8.72. The number of rotatable bonds is 5. The molecular formula is C33H27ClN2S. The van der Waals surface area contributed by atoms with Gasteiger partial charge in [0.05, 0.1) is 16.4 Å². The van der Waals surface area contributed by atoms with Gasteiger partial charge >= 0.3 is 0 Å². The first-order valence-electron chi connectivity index (χ1n) is 12.4. The highest BCUT2D eigenvalue weighted by molar-refractivity contribution is 7.25. The molecule has 0 saturated heterocycles. The van der Waals surface area contributed by atoms with Gasteiger partial charge in [-0.2, -0.15) is 0 Å². The molecule has 0 aliphatic heterocycles. The molecule has 0 atom stereocenters. The third-order valence-electron chi connectivity index (χ3n) is 6.79. The smallest absolute Gasteiger partial charge is 0.0881 e. The lowest BCUT2D eigenvalue weighted by Gasteiger charge is -2.27. The van der Waals surface area contributed by atoms with Gasteiger partial charge in [0.2, 0.25) is 0 Å². The van der Waals surface area contributed by atoms with Crippen molar-refractivity contribution in [2.45, 2.75) is 20.8 Å². The van der Waals surface area contributed by atoms with E-state index in [0.717, 1.165) is 28.4 Å². The van der Waals surface area contributed by atoms with E-state index in [0.29, 0.717) is 5.02 Å². The molecular weight excluding hydrogens is 492 g/mol. The van der Waals surface area contributed by atoms with Crippen molar-refractivity contribution in [3.63, 3.8) is 0 Å². The number of hydrogen-bond donors (Lipinski definition) is 1. The Bertz CT molecular complexity index is 1730. The summed E-state index contributed by atoms with van der Waals surface area (Å²) in [4.78, 5) is 2.24. The molecule has 0 fully saturated rings. The number of benzene rings is 5.